The summed E-state index contributed by atoms with van der Waals surface area (Å²) in [6.45, 7) is 3.85. The standard InChI is InChI=1S/C22H20Cl4O4/c1-3-11-9-10-22(4-2,21(29)13-6-8-15(28)19(26)17(13)24)30-20(11)12-5-7-14(27)18(25)16(12)23/h5-8,27-28H,3-4,9-10H2,1-2H3. The number of Topliss-reactive ketones (excluding diaryl/α,β-unsaturated/α-hetero) is 1. The molecule has 1 unspecified atom stereocenters. The van der Waals surface area contributed by atoms with Crippen molar-refractivity contribution in [2.24, 2.45) is 0 Å². The van der Waals surface area contributed by atoms with Gasteiger partial charge >= 0.3 is 0 Å². The second-order valence-corrected chi connectivity index (χ2v) is 8.60. The predicted octanol–water partition coefficient (Wildman–Crippen LogP) is 7.67. The number of halogens is 4. The van der Waals surface area contributed by atoms with Gasteiger partial charge in [0.1, 0.15) is 27.3 Å². The van der Waals surface area contributed by atoms with Crippen LogP contribution in [0.25, 0.3) is 5.76 Å². The van der Waals surface area contributed by atoms with E-state index in [0.717, 1.165) is 5.57 Å². The molecule has 160 valence electrons. The van der Waals surface area contributed by atoms with E-state index in [-0.39, 0.29) is 42.9 Å². The SMILES string of the molecule is CCC1=C(c2ccc(O)c(Cl)c2Cl)OC(CC)(C(=O)c2ccc(O)c(Cl)c2Cl)CC1. The third-order valence-electron chi connectivity index (χ3n) is 5.47. The highest BCUT2D eigenvalue weighted by atomic mass is 35.5. The number of aromatic hydroxyl groups is 2. The Balaban J connectivity index is 2.11. The van der Waals surface area contributed by atoms with E-state index in [1.54, 1.807) is 6.07 Å². The van der Waals surface area contributed by atoms with Crippen molar-refractivity contribution < 1.29 is 19.7 Å². The molecule has 0 fully saturated rings. The van der Waals surface area contributed by atoms with Gasteiger partial charge in [0.15, 0.2) is 5.60 Å². The summed E-state index contributed by atoms with van der Waals surface area (Å²) in [6.07, 6.45) is 2.14. The first-order valence-electron chi connectivity index (χ1n) is 9.47. The van der Waals surface area contributed by atoms with Gasteiger partial charge in [-0.05, 0) is 55.5 Å². The van der Waals surface area contributed by atoms with Crippen LogP contribution in [0.5, 0.6) is 11.5 Å². The van der Waals surface area contributed by atoms with Crippen LogP contribution in [0.3, 0.4) is 0 Å². The second kappa shape index (κ2) is 8.88. The third kappa shape index (κ3) is 3.87. The lowest BCUT2D eigenvalue weighted by Crippen LogP contribution is -2.43. The van der Waals surface area contributed by atoms with Crippen molar-refractivity contribution in [1.82, 2.24) is 0 Å². The van der Waals surface area contributed by atoms with Crippen LogP contribution in [-0.2, 0) is 4.74 Å². The molecule has 0 spiro atoms. The fourth-order valence-corrected chi connectivity index (χ4v) is 4.43. The van der Waals surface area contributed by atoms with E-state index in [1.807, 2.05) is 13.8 Å². The minimum atomic E-state index is -1.19. The highest BCUT2D eigenvalue weighted by Gasteiger charge is 2.44. The molecule has 2 N–H and O–H groups in total. The lowest BCUT2D eigenvalue weighted by Gasteiger charge is -2.39. The Morgan fingerprint density at radius 2 is 1.57 bits per heavy atom. The largest absolute Gasteiger partial charge is 0.506 e. The maximum atomic E-state index is 13.5. The first-order chi connectivity index (χ1) is 14.2. The maximum Gasteiger partial charge on any atom is 0.207 e. The Bertz CT molecular complexity index is 1050. The van der Waals surface area contributed by atoms with Gasteiger partial charge < -0.3 is 14.9 Å². The number of ketones is 1. The van der Waals surface area contributed by atoms with E-state index in [2.05, 4.69) is 0 Å². The predicted molar refractivity (Wildman–Crippen MR) is 121 cm³/mol. The Morgan fingerprint density at radius 1 is 0.967 bits per heavy atom. The topological polar surface area (TPSA) is 66.8 Å². The summed E-state index contributed by atoms with van der Waals surface area (Å²) in [4.78, 5) is 13.5. The second-order valence-electron chi connectivity index (χ2n) is 7.09. The highest BCUT2D eigenvalue weighted by Crippen LogP contribution is 2.46. The number of phenolic OH excluding ortho intramolecular Hbond substituents is 2. The lowest BCUT2D eigenvalue weighted by atomic mass is 9.81. The summed E-state index contributed by atoms with van der Waals surface area (Å²) in [5.41, 5.74) is 0.489. The van der Waals surface area contributed by atoms with Gasteiger partial charge in [0.25, 0.3) is 0 Å². The smallest absolute Gasteiger partial charge is 0.207 e. The number of carbonyl (C=O) groups excluding carboxylic acids is 1. The zero-order valence-corrected chi connectivity index (χ0v) is 19.4. The number of hydrogen-bond acceptors (Lipinski definition) is 4. The van der Waals surface area contributed by atoms with Crippen molar-refractivity contribution in [1.29, 1.82) is 0 Å². The Morgan fingerprint density at radius 3 is 2.17 bits per heavy atom. The molecule has 0 amide bonds. The molecule has 0 aromatic heterocycles. The van der Waals surface area contributed by atoms with Crippen LogP contribution in [0, 0.1) is 0 Å². The van der Waals surface area contributed by atoms with Gasteiger partial charge in [-0.25, -0.2) is 0 Å². The van der Waals surface area contributed by atoms with Gasteiger partial charge in [-0.3, -0.25) is 4.79 Å². The number of allylic oxidation sites excluding steroid dienone is 1. The number of carbonyl (C=O) groups is 1. The molecule has 8 heteroatoms. The molecule has 1 heterocycles. The summed E-state index contributed by atoms with van der Waals surface area (Å²) in [7, 11) is 0. The van der Waals surface area contributed by atoms with Crippen LogP contribution in [0.1, 0.15) is 55.5 Å². The molecule has 0 radical (unpaired) electrons. The number of benzene rings is 2. The number of phenols is 2. The Labute approximate surface area is 195 Å². The highest BCUT2D eigenvalue weighted by molar-refractivity contribution is 6.45. The molecule has 1 aliphatic rings. The van der Waals surface area contributed by atoms with E-state index in [4.69, 9.17) is 51.1 Å². The van der Waals surface area contributed by atoms with E-state index >= 15 is 0 Å². The lowest BCUT2D eigenvalue weighted by molar-refractivity contribution is 0.0184. The third-order valence-corrected chi connectivity index (χ3v) is 7.22. The number of hydrogen-bond donors (Lipinski definition) is 2. The van der Waals surface area contributed by atoms with Crippen LogP contribution in [-0.4, -0.2) is 21.6 Å². The van der Waals surface area contributed by atoms with E-state index in [1.165, 1.54) is 18.2 Å². The minimum Gasteiger partial charge on any atom is -0.506 e. The van der Waals surface area contributed by atoms with Crippen molar-refractivity contribution >= 4 is 57.9 Å². The van der Waals surface area contributed by atoms with Crippen molar-refractivity contribution in [3.8, 4) is 11.5 Å². The quantitative estimate of drug-likeness (QED) is 0.422. The van der Waals surface area contributed by atoms with Crippen molar-refractivity contribution in [3.05, 3.63) is 61.1 Å². The van der Waals surface area contributed by atoms with Gasteiger partial charge in [-0.2, -0.15) is 0 Å². The molecule has 4 nitrogen and oxygen atoms in total. The zero-order valence-electron chi connectivity index (χ0n) is 16.4. The molecular formula is C22H20Cl4O4. The molecule has 1 atom stereocenters. The first-order valence-corrected chi connectivity index (χ1v) is 11.0. The van der Waals surface area contributed by atoms with Crippen molar-refractivity contribution in [2.45, 2.75) is 45.1 Å². The molecule has 3 rings (SSSR count). The first kappa shape index (κ1) is 23.1. The van der Waals surface area contributed by atoms with Gasteiger partial charge in [-0.1, -0.05) is 60.3 Å². The summed E-state index contributed by atoms with van der Waals surface area (Å²) in [6, 6.07) is 5.83. The summed E-state index contributed by atoms with van der Waals surface area (Å²) < 4.78 is 6.37. The minimum absolute atomic E-state index is 0.0179. The number of ether oxygens (including phenoxy) is 1. The van der Waals surface area contributed by atoms with Crippen LogP contribution < -0.4 is 0 Å². The Hall–Kier alpha value is -1.59. The van der Waals surface area contributed by atoms with Gasteiger partial charge in [0.05, 0.1) is 10.0 Å². The fourth-order valence-electron chi connectivity index (χ4n) is 3.61. The molecule has 0 saturated heterocycles. The Kier molecular flexibility index (Phi) is 6.83. The summed E-state index contributed by atoms with van der Waals surface area (Å²) in [5, 5.41) is 19.7. The van der Waals surface area contributed by atoms with E-state index < -0.39 is 5.60 Å². The van der Waals surface area contributed by atoms with Crippen LogP contribution in [0.4, 0.5) is 0 Å². The molecule has 1 aliphatic heterocycles. The van der Waals surface area contributed by atoms with Gasteiger partial charge in [0.2, 0.25) is 5.78 Å². The molecule has 0 bridgehead atoms. The van der Waals surface area contributed by atoms with Crippen LogP contribution in [0.15, 0.2) is 29.8 Å². The molecule has 2 aromatic carbocycles. The molecular weight excluding hydrogens is 470 g/mol. The molecule has 0 saturated carbocycles. The van der Waals surface area contributed by atoms with E-state index in [0.29, 0.717) is 37.0 Å². The summed E-state index contributed by atoms with van der Waals surface area (Å²) in [5.74, 6) is -0.187. The average molecular weight is 490 g/mol. The van der Waals surface area contributed by atoms with Crippen molar-refractivity contribution in [2.75, 3.05) is 0 Å². The van der Waals surface area contributed by atoms with Gasteiger partial charge in [-0.15, -0.1) is 0 Å². The van der Waals surface area contributed by atoms with Crippen LogP contribution in [0.2, 0.25) is 20.1 Å². The molecule has 30 heavy (non-hydrogen) atoms. The monoisotopic (exact) mass is 488 g/mol. The normalized spacial score (nSPS) is 19.0. The molecule has 0 aliphatic carbocycles. The number of rotatable bonds is 5. The summed E-state index contributed by atoms with van der Waals surface area (Å²) >= 11 is 24.8. The van der Waals surface area contributed by atoms with Crippen molar-refractivity contribution in [3.63, 3.8) is 0 Å². The molecule has 2 aromatic rings. The maximum absolute atomic E-state index is 13.5. The van der Waals surface area contributed by atoms with Crippen LogP contribution >= 0.6 is 46.4 Å². The van der Waals surface area contributed by atoms with E-state index in [9.17, 15) is 15.0 Å². The average Bonchev–Trinajstić information content (AvgIpc) is 2.75. The van der Waals surface area contributed by atoms with Gasteiger partial charge in [0, 0.05) is 11.1 Å². The fraction of sp³-hybridized carbons (Fsp3) is 0.318. The zero-order chi connectivity index (χ0) is 22.2.